The van der Waals surface area contributed by atoms with E-state index in [1.54, 1.807) is 0 Å². The van der Waals surface area contributed by atoms with Crippen LogP contribution in [0.3, 0.4) is 0 Å². The van der Waals surface area contributed by atoms with Gasteiger partial charge >= 0.3 is 0 Å². The molecule has 0 spiro atoms. The van der Waals surface area contributed by atoms with Crippen LogP contribution in [0.4, 0.5) is 0 Å². The van der Waals surface area contributed by atoms with E-state index in [1.807, 2.05) is 26.1 Å². The lowest BCUT2D eigenvalue weighted by Crippen LogP contribution is -2.05. The van der Waals surface area contributed by atoms with Crippen LogP contribution in [0, 0.1) is 0 Å². The number of benzene rings is 1. The summed E-state index contributed by atoms with van der Waals surface area (Å²) in [5.74, 6) is 0.565. The van der Waals surface area contributed by atoms with Crippen LogP contribution in [0.5, 0.6) is 5.75 Å². The van der Waals surface area contributed by atoms with Gasteiger partial charge in [-0.25, -0.2) is 0 Å². The van der Waals surface area contributed by atoms with E-state index in [2.05, 4.69) is 5.32 Å². The van der Waals surface area contributed by atoms with Crippen molar-refractivity contribution in [3.63, 3.8) is 0 Å². The number of nitrogens with one attached hydrogen (secondary N) is 1. The van der Waals surface area contributed by atoms with E-state index in [4.69, 9.17) is 27.9 Å². The highest BCUT2D eigenvalue weighted by Gasteiger charge is 2.08. The molecule has 0 saturated carbocycles. The summed E-state index contributed by atoms with van der Waals surface area (Å²) in [6, 6.07) is 3.71. The molecule has 0 aliphatic heterocycles. The van der Waals surface area contributed by atoms with Crippen LogP contribution in [0.1, 0.15) is 12.5 Å². The third-order valence-corrected chi connectivity index (χ3v) is 2.29. The quantitative estimate of drug-likeness (QED) is 0.864. The van der Waals surface area contributed by atoms with Crippen LogP contribution in [0.15, 0.2) is 12.1 Å². The van der Waals surface area contributed by atoms with Gasteiger partial charge in [-0.05, 0) is 31.7 Å². The molecule has 0 aromatic heterocycles. The molecule has 1 aromatic rings. The largest absolute Gasteiger partial charge is 0.491 e. The second-order valence-corrected chi connectivity index (χ2v) is 3.67. The van der Waals surface area contributed by atoms with Gasteiger partial charge in [0.1, 0.15) is 0 Å². The van der Waals surface area contributed by atoms with E-state index in [-0.39, 0.29) is 0 Å². The summed E-state index contributed by atoms with van der Waals surface area (Å²) in [4.78, 5) is 0. The third-order valence-electron chi connectivity index (χ3n) is 1.73. The maximum Gasteiger partial charge on any atom is 0.156 e. The van der Waals surface area contributed by atoms with E-state index in [0.717, 1.165) is 12.1 Å². The SMILES string of the molecule is CCOc1c(Cl)cc(CNC)cc1Cl. The van der Waals surface area contributed by atoms with Gasteiger partial charge in [0.2, 0.25) is 0 Å². The highest BCUT2D eigenvalue weighted by molar-refractivity contribution is 6.37. The summed E-state index contributed by atoms with van der Waals surface area (Å²) in [7, 11) is 1.87. The average molecular weight is 234 g/mol. The number of ether oxygens (including phenoxy) is 1. The van der Waals surface area contributed by atoms with Gasteiger partial charge in [-0.3, -0.25) is 0 Å². The molecule has 2 nitrogen and oxygen atoms in total. The molecule has 0 amide bonds. The van der Waals surface area contributed by atoms with Gasteiger partial charge < -0.3 is 10.1 Å². The average Bonchev–Trinajstić information content (AvgIpc) is 2.12. The Bertz CT molecular complexity index is 292. The molecular weight excluding hydrogens is 221 g/mol. The Balaban J connectivity index is 2.98. The van der Waals surface area contributed by atoms with Gasteiger partial charge in [-0.2, -0.15) is 0 Å². The first-order valence-corrected chi connectivity index (χ1v) is 5.20. The van der Waals surface area contributed by atoms with Crippen LogP contribution < -0.4 is 10.1 Å². The molecule has 78 valence electrons. The van der Waals surface area contributed by atoms with E-state index in [0.29, 0.717) is 22.4 Å². The number of halogens is 2. The molecular formula is C10H13Cl2NO. The maximum atomic E-state index is 6.01. The Morgan fingerprint density at radius 1 is 1.29 bits per heavy atom. The molecule has 0 saturated heterocycles. The minimum absolute atomic E-state index is 0.560. The predicted octanol–water partition coefficient (Wildman–Crippen LogP) is 3.11. The van der Waals surface area contributed by atoms with Crippen molar-refractivity contribution in [1.82, 2.24) is 5.32 Å². The van der Waals surface area contributed by atoms with Crippen molar-refractivity contribution in [3.8, 4) is 5.75 Å². The van der Waals surface area contributed by atoms with Crippen LogP contribution >= 0.6 is 23.2 Å². The number of rotatable bonds is 4. The minimum atomic E-state index is 0.560. The lowest BCUT2D eigenvalue weighted by molar-refractivity contribution is 0.340. The molecule has 1 aromatic carbocycles. The summed E-state index contributed by atoms with van der Waals surface area (Å²) >= 11 is 12.0. The minimum Gasteiger partial charge on any atom is -0.491 e. The molecule has 0 aliphatic carbocycles. The summed E-state index contributed by atoms with van der Waals surface area (Å²) in [5.41, 5.74) is 1.05. The lowest BCUT2D eigenvalue weighted by Gasteiger charge is -2.09. The Kier molecular flexibility index (Phi) is 4.52. The van der Waals surface area contributed by atoms with E-state index < -0.39 is 0 Å². The molecule has 0 aliphatic rings. The topological polar surface area (TPSA) is 21.3 Å². The summed E-state index contributed by atoms with van der Waals surface area (Å²) < 4.78 is 5.32. The van der Waals surface area contributed by atoms with Crippen molar-refractivity contribution in [1.29, 1.82) is 0 Å². The molecule has 1 rings (SSSR count). The zero-order chi connectivity index (χ0) is 10.6. The Labute approximate surface area is 94.2 Å². The molecule has 0 fully saturated rings. The molecule has 0 heterocycles. The van der Waals surface area contributed by atoms with E-state index in [9.17, 15) is 0 Å². The smallest absolute Gasteiger partial charge is 0.156 e. The third kappa shape index (κ3) is 2.77. The first-order valence-electron chi connectivity index (χ1n) is 4.44. The van der Waals surface area contributed by atoms with Crippen LogP contribution in [-0.4, -0.2) is 13.7 Å². The summed E-state index contributed by atoms with van der Waals surface area (Å²) in [6.07, 6.45) is 0. The summed E-state index contributed by atoms with van der Waals surface area (Å²) in [5, 5.41) is 4.15. The van der Waals surface area contributed by atoms with Crippen molar-refractivity contribution in [2.24, 2.45) is 0 Å². The molecule has 0 unspecified atom stereocenters. The van der Waals surface area contributed by atoms with Gasteiger partial charge in [-0.1, -0.05) is 23.2 Å². The van der Waals surface area contributed by atoms with Gasteiger partial charge in [0.25, 0.3) is 0 Å². The van der Waals surface area contributed by atoms with Gasteiger partial charge in [0.15, 0.2) is 5.75 Å². The molecule has 4 heteroatoms. The van der Waals surface area contributed by atoms with Crippen molar-refractivity contribution in [3.05, 3.63) is 27.7 Å². The highest BCUT2D eigenvalue weighted by Crippen LogP contribution is 2.34. The molecule has 0 radical (unpaired) electrons. The molecule has 0 bridgehead atoms. The monoisotopic (exact) mass is 233 g/mol. The fraction of sp³-hybridized carbons (Fsp3) is 0.400. The zero-order valence-electron chi connectivity index (χ0n) is 8.23. The summed E-state index contributed by atoms with van der Waals surface area (Å²) in [6.45, 7) is 3.20. The van der Waals surface area contributed by atoms with Crippen LogP contribution in [0.25, 0.3) is 0 Å². The van der Waals surface area contributed by atoms with E-state index >= 15 is 0 Å². The first kappa shape index (κ1) is 11.6. The van der Waals surface area contributed by atoms with Gasteiger partial charge in [-0.15, -0.1) is 0 Å². The molecule has 14 heavy (non-hydrogen) atoms. The highest BCUT2D eigenvalue weighted by atomic mass is 35.5. The normalized spacial score (nSPS) is 10.3. The number of hydrogen-bond donors (Lipinski definition) is 1. The van der Waals surface area contributed by atoms with Crippen molar-refractivity contribution in [2.75, 3.05) is 13.7 Å². The van der Waals surface area contributed by atoms with Crippen LogP contribution in [-0.2, 0) is 6.54 Å². The zero-order valence-corrected chi connectivity index (χ0v) is 9.74. The Morgan fingerprint density at radius 2 is 1.86 bits per heavy atom. The van der Waals surface area contributed by atoms with Crippen molar-refractivity contribution < 1.29 is 4.74 Å². The van der Waals surface area contributed by atoms with Crippen LogP contribution in [0.2, 0.25) is 10.0 Å². The van der Waals surface area contributed by atoms with Gasteiger partial charge in [0.05, 0.1) is 16.7 Å². The van der Waals surface area contributed by atoms with Crippen molar-refractivity contribution in [2.45, 2.75) is 13.5 Å². The second-order valence-electron chi connectivity index (χ2n) is 2.85. The second kappa shape index (κ2) is 5.44. The predicted molar refractivity (Wildman–Crippen MR) is 60.4 cm³/mol. The Hall–Kier alpha value is -0.440. The van der Waals surface area contributed by atoms with E-state index in [1.165, 1.54) is 0 Å². The van der Waals surface area contributed by atoms with Gasteiger partial charge in [0, 0.05) is 6.54 Å². The lowest BCUT2D eigenvalue weighted by atomic mass is 10.2. The number of hydrogen-bond acceptors (Lipinski definition) is 2. The maximum absolute atomic E-state index is 6.01. The van der Waals surface area contributed by atoms with Crippen molar-refractivity contribution >= 4 is 23.2 Å². The molecule has 1 N–H and O–H groups in total. The fourth-order valence-electron chi connectivity index (χ4n) is 1.20. The first-order chi connectivity index (χ1) is 6.69. The standard InChI is InChI=1S/C10H13Cl2NO/c1-3-14-10-8(11)4-7(6-13-2)5-9(10)12/h4-5,13H,3,6H2,1-2H3. The molecule has 0 atom stereocenters. The Morgan fingerprint density at radius 3 is 2.29 bits per heavy atom. The fourth-order valence-corrected chi connectivity index (χ4v) is 1.84.